The molecule has 7 heteroatoms. The Morgan fingerprint density at radius 2 is 1.81 bits per heavy atom. The van der Waals surface area contributed by atoms with Gasteiger partial charge in [0.1, 0.15) is 5.82 Å². The molecule has 0 saturated carbocycles. The minimum absolute atomic E-state index is 0.778. The van der Waals surface area contributed by atoms with Crippen molar-refractivity contribution in [3.63, 3.8) is 0 Å². The second-order valence-electron chi connectivity index (χ2n) is 6.88. The number of hydrogen-bond acceptors (Lipinski definition) is 6. The molecular weight excluding hydrogens is 348 g/mol. The predicted octanol–water partition coefficient (Wildman–Crippen LogP) is 2.74. The van der Waals surface area contributed by atoms with Crippen LogP contribution in [0.5, 0.6) is 0 Å². The van der Waals surface area contributed by atoms with Crippen molar-refractivity contribution in [1.29, 1.82) is 0 Å². The average molecular weight is 375 g/mol. The molecule has 2 aromatic rings. The van der Waals surface area contributed by atoms with Crippen LogP contribution in [0.4, 0.5) is 17.5 Å². The van der Waals surface area contributed by atoms with E-state index in [4.69, 9.17) is 16.6 Å². The smallest absolute Gasteiger partial charge is 0.227 e. The molecule has 1 fully saturated rings. The maximum Gasteiger partial charge on any atom is 0.227 e. The van der Waals surface area contributed by atoms with Gasteiger partial charge >= 0.3 is 0 Å². The van der Waals surface area contributed by atoms with Crippen LogP contribution < -0.4 is 15.1 Å². The van der Waals surface area contributed by atoms with Gasteiger partial charge in [-0.25, -0.2) is 4.98 Å². The monoisotopic (exact) mass is 374 g/mol. The van der Waals surface area contributed by atoms with Gasteiger partial charge in [0.2, 0.25) is 5.95 Å². The van der Waals surface area contributed by atoms with Crippen LogP contribution in [-0.4, -0.2) is 68.2 Å². The molecule has 1 saturated heterocycles. The molecule has 3 rings (SSSR count). The quantitative estimate of drug-likeness (QED) is 0.839. The van der Waals surface area contributed by atoms with Crippen molar-refractivity contribution in [2.45, 2.75) is 6.92 Å². The number of nitrogens with zero attached hydrogens (tertiary/aromatic N) is 5. The number of hydrogen-bond donors (Lipinski definition) is 1. The van der Waals surface area contributed by atoms with Crippen LogP contribution in [0.2, 0.25) is 5.02 Å². The maximum atomic E-state index is 6.12. The number of piperazine rings is 1. The molecule has 0 bridgehead atoms. The van der Waals surface area contributed by atoms with E-state index in [-0.39, 0.29) is 0 Å². The van der Waals surface area contributed by atoms with Crippen molar-refractivity contribution in [2.24, 2.45) is 0 Å². The van der Waals surface area contributed by atoms with Crippen LogP contribution in [0.25, 0.3) is 0 Å². The third kappa shape index (κ3) is 4.99. The molecule has 1 aromatic heterocycles. The number of nitrogens with one attached hydrogen (secondary N) is 1. The topological polar surface area (TPSA) is 47.5 Å². The molecule has 1 aliphatic heterocycles. The number of rotatable bonds is 6. The Morgan fingerprint density at radius 3 is 2.50 bits per heavy atom. The molecule has 1 aliphatic rings. The van der Waals surface area contributed by atoms with Gasteiger partial charge in [0, 0.05) is 61.7 Å². The SMILES string of the molecule is Cc1cc(NCCN(C)C)nc(N2CCN(c3cccc(Cl)c3)CC2)n1. The summed E-state index contributed by atoms with van der Waals surface area (Å²) < 4.78 is 0. The number of anilines is 3. The lowest BCUT2D eigenvalue weighted by molar-refractivity contribution is 0.425. The summed E-state index contributed by atoms with van der Waals surface area (Å²) in [5.74, 6) is 1.70. The van der Waals surface area contributed by atoms with Gasteiger partial charge in [-0.2, -0.15) is 4.98 Å². The lowest BCUT2D eigenvalue weighted by atomic mass is 10.2. The van der Waals surface area contributed by atoms with Crippen LogP contribution in [0.3, 0.4) is 0 Å². The Balaban J connectivity index is 1.62. The Bertz CT molecular complexity index is 728. The lowest BCUT2D eigenvalue weighted by Crippen LogP contribution is -2.47. The number of aromatic nitrogens is 2. The number of likely N-dealkylation sites (N-methyl/N-ethyl adjacent to an activating group) is 1. The second-order valence-corrected chi connectivity index (χ2v) is 7.32. The van der Waals surface area contributed by atoms with E-state index in [1.807, 2.05) is 31.2 Å². The highest BCUT2D eigenvalue weighted by atomic mass is 35.5. The molecule has 2 heterocycles. The third-order valence-electron chi connectivity index (χ3n) is 4.44. The van der Waals surface area contributed by atoms with E-state index < -0.39 is 0 Å². The fourth-order valence-electron chi connectivity index (χ4n) is 3.03. The summed E-state index contributed by atoms with van der Waals surface area (Å²) >= 11 is 6.12. The molecule has 1 N–H and O–H groups in total. The van der Waals surface area contributed by atoms with Gasteiger partial charge in [0.15, 0.2) is 0 Å². The molecule has 1 aromatic carbocycles. The highest BCUT2D eigenvalue weighted by Gasteiger charge is 2.20. The number of halogens is 1. The summed E-state index contributed by atoms with van der Waals surface area (Å²) in [5, 5.41) is 4.17. The van der Waals surface area contributed by atoms with Gasteiger partial charge in [0.25, 0.3) is 0 Å². The summed E-state index contributed by atoms with van der Waals surface area (Å²) in [7, 11) is 4.13. The summed E-state index contributed by atoms with van der Waals surface area (Å²) in [4.78, 5) is 16.1. The summed E-state index contributed by atoms with van der Waals surface area (Å²) in [5.41, 5.74) is 2.16. The van der Waals surface area contributed by atoms with Crippen molar-refractivity contribution >= 4 is 29.1 Å². The molecule has 140 valence electrons. The van der Waals surface area contributed by atoms with Crippen molar-refractivity contribution in [3.8, 4) is 0 Å². The van der Waals surface area contributed by atoms with Gasteiger partial charge in [-0.3, -0.25) is 0 Å². The first-order valence-corrected chi connectivity index (χ1v) is 9.39. The van der Waals surface area contributed by atoms with Gasteiger partial charge in [-0.15, -0.1) is 0 Å². The minimum Gasteiger partial charge on any atom is -0.369 e. The van der Waals surface area contributed by atoms with E-state index in [0.29, 0.717) is 0 Å². The van der Waals surface area contributed by atoms with Crippen LogP contribution in [0.15, 0.2) is 30.3 Å². The maximum absolute atomic E-state index is 6.12. The third-order valence-corrected chi connectivity index (χ3v) is 4.68. The zero-order valence-corrected chi connectivity index (χ0v) is 16.5. The molecule has 26 heavy (non-hydrogen) atoms. The Kier molecular flexibility index (Phi) is 6.16. The normalized spacial score (nSPS) is 14.8. The molecular formula is C19H27ClN6. The predicted molar refractivity (Wildman–Crippen MR) is 110 cm³/mol. The Morgan fingerprint density at radius 1 is 1.08 bits per heavy atom. The van der Waals surface area contributed by atoms with Gasteiger partial charge < -0.3 is 20.0 Å². The Labute approximate surface area is 160 Å². The molecule has 0 aliphatic carbocycles. The van der Waals surface area contributed by atoms with E-state index in [0.717, 1.165) is 61.8 Å². The molecule has 0 atom stereocenters. The van der Waals surface area contributed by atoms with Crippen molar-refractivity contribution in [1.82, 2.24) is 14.9 Å². The van der Waals surface area contributed by atoms with Gasteiger partial charge in [-0.05, 0) is 39.2 Å². The molecule has 0 amide bonds. The average Bonchev–Trinajstić information content (AvgIpc) is 2.61. The number of aryl methyl sites for hydroxylation is 1. The van der Waals surface area contributed by atoms with Crippen LogP contribution >= 0.6 is 11.6 Å². The van der Waals surface area contributed by atoms with E-state index in [9.17, 15) is 0 Å². The fraction of sp³-hybridized carbons (Fsp3) is 0.474. The number of benzene rings is 1. The van der Waals surface area contributed by atoms with E-state index >= 15 is 0 Å². The summed E-state index contributed by atoms with van der Waals surface area (Å²) in [6, 6.07) is 10.0. The largest absolute Gasteiger partial charge is 0.369 e. The first-order chi connectivity index (χ1) is 12.5. The Hall–Kier alpha value is -2.05. The van der Waals surface area contributed by atoms with Crippen molar-refractivity contribution in [2.75, 3.05) is 68.5 Å². The van der Waals surface area contributed by atoms with Crippen molar-refractivity contribution < 1.29 is 0 Å². The molecule has 0 radical (unpaired) electrons. The van der Waals surface area contributed by atoms with E-state index in [1.165, 1.54) is 5.69 Å². The first kappa shape index (κ1) is 18.7. The van der Waals surface area contributed by atoms with Gasteiger partial charge in [-0.1, -0.05) is 17.7 Å². The molecule has 0 unspecified atom stereocenters. The molecule has 6 nitrogen and oxygen atoms in total. The van der Waals surface area contributed by atoms with Crippen molar-refractivity contribution in [3.05, 3.63) is 41.0 Å². The highest BCUT2D eigenvalue weighted by molar-refractivity contribution is 6.30. The van der Waals surface area contributed by atoms with E-state index in [1.54, 1.807) is 0 Å². The summed E-state index contributed by atoms with van der Waals surface area (Å²) in [6.45, 7) is 7.51. The standard InChI is InChI=1S/C19H27ClN6/c1-15-13-18(21-7-8-24(2)3)23-19(22-15)26-11-9-25(10-12-26)17-6-4-5-16(20)14-17/h4-6,13-14H,7-12H2,1-3H3,(H,21,22,23). The fourth-order valence-corrected chi connectivity index (χ4v) is 3.21. The summed E-state index contributed by atoms with van der Waals surface area (Å²) in [6.07, 6.45) is 0. The second kappa shape index (κ2) is 8.56. The zero-order chi connectivity index (χ0) is 18.5. The molecule has 0 spiro atoms. The first-order valence-electron chi connectivity index (χ1n) is 9.01. The van der Waals surface area contributed by atoms with Crippen LogP contribution in [-0.2, 0) is 0 Å². The highest BCUT2D eigenvalue weighted by Crippen LogP contribution is 2.22. The van der Waals surface area contributed by atoms with Crippen LogP contribution in [0.1, 0.15) is 5.69 Å². The van der Waals surface area contributed by atoms with Gasteiger partial charge in [0.05, 0.1) is 0 Å². The minimum atomic E-state index is 0.778. The zero-order valence-electron chi connectivity index (χ0n) is 15.7. The van der Waals surface area contributed by atoms with Crippen LogP contribution in [0, 0.1) is 6.92 Å². The lowest BCUT2D eigenvalue weighted by Gasteiger charge is -2.36. The van der Waals surface area contributed by atoms with E-state index in [2.05, 4.69) is 45.2 Å².